The maximum Gasteiger partial charge on any atom is 0.247 e. The van der Waals surface area contributed by atoms with Crippen molar-refractivity contribution >= 4 is 17.5 Å². The van der Waals surface area contributed by atoms with Gasteiger partial charge in [-0.25, -0.2) is 0 Å². The predicted molar refractivity (Wildman–Crippen MR) is 123 cm³/mol. The van der Waals surface area contributed by atoms with Crippen molar-refractivity contribution in [2.24, 2.45) is 0 Å². The predicted octanol–water partition coefficient (Wildman–Crippen LogP) is 2.48. The van der Waals surface area contributed by atoms with Crippen LogP contribution in [0.25, 0.3) is 0 Å². The van der Waals surface area contributed by atoms with E-state index in [1.54, 1.807) is 19.2 Å². The molecule has 0 aromatic heterocycles. The van der Waals surface area contributed by atoms with Crippen molar-refractivity contribution in [2.75, 3.05) is 32.3 Å². The number of nitrogens with zero attached hydrogens (tertiary/aromatic N) is 1. The van der Waals surface area contributed by atoms with Gasteiger partial charge in [-0.15, -0.1) is 0 Å². The Kier molecular flexibility index (Phi) is 11.4. The van der Waals surface area contributed by atoms with Crippen LogP contribution in [-0.4, -0.2) is 55.0 Å². The molecule has 0 unspecified atom stereocenters. The zero-order valence-corrected chi connectivity index (χ0v) is 18.8. The van der Waals surface area contributed by atoms with E-state index in [1.807, 2.05) is 49.4 Å². The van der Waals surface area contributed by atoms with Gasteiger partial charge in [0.25, 0.3) is 0 Å². The van der Waals surface area contributed by atoms with Gasteiger partial charge in [-0.05, 0) is 29.7 Å². The lowest BCUT2D eigenvalue weighted by molar-refractivity contribution is -0.217. The number of hydrogen-bond donors (Lipinski definition) is 3. The van der Waals surface area contributed by atoms with E-state index < -0.39 is 6.04 Å². The van der Waals surface area contributed by atoms with Crippen LogP contribution in [0, 0.1) is 0 Å². The van der Waals surface area contributed by atoms with Crippen molar-refractivity contribution in [1.82, 2.24) is 10.4 Å². The molecule has 1 atom stereocenters. The molecule has 174 valence electrons. The van der Waals surface area contributed by atoms with Gasteiger partial charge in [0, 0.05) is 32.1 Å². The van der Waals surface area contributed by atoms with E-state index >= 15 is 0 Å². The third kappa shape index (κ3) is 9.57. The summed E-state index contributed by atoms with van der Waals surface area (Å²) in [5.74, 6) is -0.398. The Balaban J connectivity index is 1.89. The van der Waals surface area contributed by atoms with Crippen molar-refractivity contribution in [2.45, 2.75) is 38.8 Å². The smallest absolute Gasteiger partial charge is 0.247 e. The summed E-state index contributed by atoms with van der Waals surface area (Å²) in [5.41, 5.74) is 2.54. The Bertz CT molecular complexity index is 814. The number of carbonyl (C=O) groups is 2. The SMILES string of the molecule is CCCC(=O)N[C@@H](Cc1ccccc1)C(=O)Nc1ccc(COCON(C)CCO)cc1. The minimum atomic E-state index is -0.660. The third-order valence-corrected chi connectivity index (χ3v) is 4.67. The maximum absolute atomic E-state index is 12.9. The van der Waals surface area contributed by atoms with Gasteiger partial charge >= 0.3 is 0 Å². The monoisotopic (exact) mass is 443 g/mol. The topological polar surface area (TPSA) is 100 Å². The van der Waals surface area contributed by atoms with Crippen LogP contribution >= 0.6 is 0 Å². The second-order valence-corrected chi connectivity index (χ2v) is 7.42. The fourth-order valence-electron chi connectivity index (χ4n) is 2.96. The first-order valence-corrected chi connectivity index (χ1v) is 10.8. The lowest BCUT2D eigenvalue weighted by atomic mass is 10.0. The number of carbonyl (C=O) groups excluding carboxylic acids is 2. The van der Waals surface area contributed by atoms with E-state index in [2.05, 4.69) is 10.6 Å². The van der Waals surface area contributed by atoms with Crippen molar-refractivity contribution in [1.29, 1.82) is 0 Å². The van der Waals surface area contributed by atoms with Gasteiger partial charge in [-0.2, -0.15) is 5.06 Å². The number of hydrogen-bond acceptors (Lipinski definition) is 6. The van der Waals surface area contributed by atoms with Gasteiger partial charge < -0.3 is 20.5 Å². The molecule has 0 spiro atoms. The summed E-state index contributed by atoms with van der Waals surface area (Å²) in [6.07, 6.45) is 1.52. The number of nitrogens with one attached hydrogen (secondary N) is 2. The molecule has 0 bridgehead atoms. The van der Waals surface area contributed by atoms with E-state index in [9.17, 15) is 9.59 Å². The zero-order chi connectivity index (χ0) is 23.2. The Morgan fingerprint density at radius 1 is 1.06 bits per heavy atom. The van der Waals surface area contributed by atoms with E-state index in [1.165, 1.54) is 5.06 Å². The van der Waals surface area contributed by atoms with Crippen LogP contribution in [0.2, 0.25) is 0 Å². The summed E-state index contributed by atoms with van der Waals surface area (Å²) in [7, 11) is 1.72. The molecule has 0 aliphatic heterocycles. The van der Waals surface area contributed by atoms with E-state index in [0.717, 1.165) is 17.5 Å². The summed E-state index contributed by atoms with van der Waals surface area (Å²) in [4.78, 5) is 30.3. The minimum absolute atomic E-state index is 0.0121. The van der Waals surface area contributed by atoms with Crippen LogP contribution in [0.4, 0.5) is 5.69 Å². The molecule has 0 aliphatic carbocycles. The summed E-state index contributed by atoms with van der Waals surface area (Å²) < 4.78 is 5.45. The average molecular weight is 444 g/mol. The second kappa shape index (κ2) is 14.3. The number of rotatable bonds is 14. The lowest BCUT2D eigenvalue weighted by Crippen LogP contribution is -2.45. The molecule has 0 fully saturated rings. The third-order valence-electron chi connectivity index (χ3n) is 4.67. The van der Waals surface area contributed by atoms with E-state index in [0.29, 0.717) is 31.7 Å². The summed E-state index contributed by atoms with van der Waals surface area (Å²) >= 11 is 0. The second-order valence-electron chi connectivity index (χ2n) is 7.42. The van der Waals surface area contributed by atoms with Gasteiger partial charge in [-0.3, -0.25) is 14.4 Å². The van der Waals surface area contributed by atoms with Crippen LogP contribution in [0.15, 0.2) is 54.6 Å². The molecule has 8 heteroatoms. The van der Waals surface area contributed by atoms with Gasteiger partial charge in [0.05, 0.1) is 13.2 Å². The first-order valence-electron chi connectivity index (χ1n) is 10.8. The van der Waals surface area contributed by atoms with Gasteiger partial charge in [0.1, 0.15) is 6.04 Å². The zero-order valence-electron chi connectivity index (χ0n) is 18.8. The average Bonchev–Trinajstić information content (AvgIpc) is 2.78. The molecule has 2 rings (SSSR count). The molecule has 2 aromatic rings. The maximum atomic E-state index is 12.9. The van der Waals surface area contributed by atoms with Crippen molar-refractivity contribution < 1.29 is 24.3 Å². The quantitative estimate of drug-likeness (QED) is 0.236. The van der Waals surface area contributed by atoms with Crippen LogP contribution in [0.3, 0.4) is 0 Å². The normalized spacial score (nSPS) is 11.9. The molecule has 2 amide bonds. The molecule has 0 heterocycles. The fraction of sp³-hybridized carbons (Fsp3) is 0.417. The first-order chi connectivity index (χ1) is 15.5. The van der Waals surface area contributed by atoms with Crippen molar-refractivity contribution in [3.05, 3.63) is 65.7 Å². The number of hydroxylamine groups is 2. The Morgan fingerprint density at radius 2 is 1.78 bits per heavy atom. The molecule has 32 heavy (non-hydrogen) atoms. The van der Waals surface area contributed by atoms with Crippen LogP contribution < -0.4 is 10.6 Å². The highest BCUT2D eigenvalue weighted by molar-refractivity contribution is 5.97. The Hall–Kier alpha value is -2.78. The van der Waals surface area contributed by atoms with Crippen molar-refractivity contribution in [3.63, 3.8) is 0 Å². The fourth-order valence-corrected chi connectivity index (χ4v) is 2.96. The Labute approximate surface area is 189 Å². The Morgan fingerprint density at radius 3 is 2.44 bits per heavy atom. The minimum Gasteiger partial charge on any atom is -0.395 e. The summed E-state index contributed by atoms with van der Waals surface area (Å²) in [6, 6.07) is 16.3. The standard InChI is InChI=1S/C24H33N3O5/c1-3-7-23(29)26-22(16-19-8-5-4-6-9-19)24(30)25-21-12-10-20(11-13-21)17-31-18-32-27(2)14-15-28/h4-6,8-13,22,28H,3,7,14-18H2,1-2H3,(H,25,30)(H,26,29)/t22-/m0/s1. The van der Waals surface area contributed by atoms with Crippen molar-refractivity contribution in [3.8, 4) is 0 Å². The molecular formula is C24H33N3O5. The molecular weight excluding hydrogens is 410 g/mol. The van der Waals surface area contributed by atoms with E-state index in [4.69, 9.17) is 14.7 Å². The molecule has 8 nitrogen and oxygen atoms in total. The number of amides is 2. The number of anilines is 1. The molecule has 0 radical (unpaired) electrons. The molecule has 0 saturated heterocycles. The number of likely N-dealkylation sites (N-methyl/N-ethyl adjacent to an activating group) is 1. The van der Waals surface area contributed by atoms with Crippen LogP contribution in [0.1, 0.15) is 30.9 Å². The molecule has 3 N–H and O–H groups in total. The number of aliphatic hydroxyl groups excluding tert-OH is 1. The molecule has 2 aromatic carbocycles. The number of benzene rings is 2. The van der Waals surface area contributed by atoms with Gasteiger partial charge in [0.15, 0.2) is 6.79 Å². The first kappa shape index (κ1) is 25.5. The summed E-state index contributed by atoms with van der Waals surface area (Å²) in [6.45, 7) is 2.77. The van der Waals surface area contributed by atoms with E-state index in [-0.39, 0.29) is 25.2 Å². The number of aliphatic hydroxyl groups is 1. The highest BCUT2D eigenvalue weighted by atomic mass is 16.8. The summed E-state index contributed by atoms with van der Waals surface area (Å²) in [5, 5.41) is 16.1. The molecule has 0 saturated carbocycles. The lowest BCUT2D eigenvalue weighted by Gasteiger charge is -2.19. The largest absolute Gasteiger partial charge is 0.395 e. The van der Waals surface area contributed by atoms with Gasteiger partial charge in [0.2, 0.25) is 11.8 Å². The highest BCUT2D eigenvalue weighted by Gasteiger charge is 2.21. The van der Waals surface area contributed by atoms with Crippen LogP contribution in [-0.2, 0) is 32.2 Å². The molecule has 0 aliphatic rings. The van der Waals surface area contributed by atoms with Crippen LogP contribution in [0.5, 0.6) is 0 Å². The number of ether oxygens (including phenoxy) is 1. The van der Waals surface area contributed by atoms with Gasteiger partial charge in [-0.1, -0.05) is 49.4 Å². The highest BCUT2D eigenvalue weighted by Crippen LogP contribution is 2.12.